The maximum atomic E-state index is 12.7. The van der Waals surface area contributed by atoms with E-state index in [1.807, 2.05) is 18.2 Å². The summed E-state index contributed by atoms with van der Waals surface area (Å²) in [6.07, 6.45) is 5.32. The Bertz CT molecular complexity index is 515. The predicted molar refractivity (Wildman–Crippen MR) is 85.2 cm³/mol. The lowest BCUT2D eigenvalue weighted by Gasteiger charge is -2.42. The van der Waals surface area contributed by atoms with Gasteiger partial charge in [-0.2, -0.15) is 0 Å². The number of benzene rings is 1. The van der Waals surface area contributed by atoms with Crippen LogP contribution in [0.15, 0.2) is 24.3 Å². The number of nitrogens with two attached hydrogens (primary N) is 1. The number of carbonyl (C=O) groups excluding carboxylic acids is 1. The first-order valence-corrected chi connectivity index (χ1v) is 8.07. The highest BCUT2D eigenvalue weighted by Crippen LogP contribution is 2.28. The van der Waals surface area contributed by atoms with Crippen LogP contribution in [0.3, 0.4) is 0 Å². The van der Waals surface area contributed by atoms with Crippen LogP contribution in [0.5, 0.6) is 0 Å². The molecule has 1 aromatic carbocycles. The summed E-state index contributed by atoms with van der Waals surface area (Å²) in [5.74, 6) is 0.132. The number of aryl methyl sites for hydroxylation is 1. The molecular weight excluding hydrogens is 262 g/mol. The van der Waals surface area contributed by atoms with Crippen LogP contribution in [0.4, 0.5) is 5.69 Å². The van der Waals surface area contributed by atoms with E-state index in [4.69, 9.17) is 5.73 Å². The second-order valence-corrected chi connectivity index (χ2v) is 6.36. The Morgan fingerprint density at radius 1 is 1.29 bits per heavy atom. The second-order valence-electron chi connectivity index (χ2n) is 6.36. The minimum Gasteiger partial charge on any atom is -0.327 e. The molecule has 21 heavy (non-hydrogen) atoms. The van der Waals surface area contributed by atoms with Gasteiger partial charge in [-0.05, 0) is 50.8 Å². The zero-order valence-electron chi connectivity index (χ0n) is 12.7. The monoisotopic (exact) mass is 287 g/mol. The zero-order chi connectivity index (χ0) is 14.8. The Morgan fingerprint density at radius 2 is 2.10 bits per heavy atom. The van der Waals surface area contributed by atoms with Crippen LogP contribution in [0.2, 0.25) is 0 Å². The number of nitrogens with one attached hydrogen (secondary N) is 1. The summed E-state index contributed by atoms with van der Waals surface area (Å²) in [6, 6.07) is 8.52. The third-order valence-electron chi connectivity index (χ3n) is 4.86. The molecule has 0 saturated carbocycles. The lowest BCUT2D eigenvalue weighted by atomic mass is 9.93. The Labute approximate surface area is 126 Å². The van der Waals surface area contributed by atoms with E-state index >= 15 is 0 Å². The first kappa shape index (κ1) is 14.5. The number of nitrogens with zero attached hydrogens (tertiary/aromatic N) is 1. The van der Waals surface area contributed by atoms with Crippen LogP contribution in [0, 0.1) is 0 Å². The number of carbonyl (C=O) groups is 1. The van der Waals surface area contributed by atoms with Crippen molar-refractivity contribution >= 4 is 11.6 Å². The van der Waals surface area contributed by atoms with Crippen molar-refractivity contribution in [3.63, 3.8) is 0 Å². The van der Waals surface area contributed by atoms with Crippen LogP contribution in [0.25, 0.3) is 0 Å². The van der Waals surface area contributed by atoms with Crippen LogP contribution in [-0.2, 0) is 11.2 Å². The summed E-state index contributed by atoms with van der Waals surface area (Å²) in [7, 11) is 0. The van der Waals surface area contributed by atoms with Gasteiger partial charge in [-0.25, -0.2) is 0 Å². The normalized spacial score (nSPS) is 28.4. The number of fused-ring (bicyclic) bond motifs is 1. The number of piperidine rings is 1. The average Bonchev–Trinajstić information content (AvgIpc) is 2.65. The number of hydrogen-bond donors (Lipinski definition) is 2. The molecular formula is C17H25N3O. The molecule has 3 N–H and O–H groups in total. The minimum atomic E-state index is -0.0475. The van der Waals surface area contributed by atoms with Crippen LogP contribution in [-0.4, -0.2) is 35.5 Å². The molecule has 3 atom stereocenters. The second kappa shape index (κ2) is 6.16. The number of hydrogen-bond acceptors (Lipinski definition) is 3. The average molecular weight is 287 g/mol. The van der Waals surface area contributed by atoms with Gasteiger partial charge in [-0.15, -0.1) is 0 Å². The lowest BCUT2D eigenvalue weighted by molar-refractivity contribution is -0.123. The molecule has 4 heteroatoms. The summed E-state index contributed by atoms with van der Waals surface area (Å²) in [4.78, 5) is 15.0. The van der Waals surface area contributed by atoms with E-state index in [2.05, 4.69) is 23.2 Å². The molecule has 2 heterocycles. The molecule has 4 nitrogen and oxygen atoms in total. The Kier molecular flexibility index (Phi) is 4.27. The van der Waals surface area contributed by atoms with Gasteiger partial charge in [0.05, 0.1) is 6.04 Å². The maximum absolute atomic E-state index is 12.7. The van der Waals surface area contributed by atoms with E-state index in [1.165, 1.54) is 18.4 Å². The van der Waals surface area contributed by atoms with E-state index in [9.17, 15) is 4.79 Å². The first-order chi connectivity index (χ1) is 10.2. The van der Waals surface area contributed by atoms with Gasteiger partial charge in [0.25, 0.3) is 0 Å². The SMILES string of the molecule is CC(N)C1CCCCN1C1CCc2ccccc2NC1=O. The Hall–Kier alpha value is -1.39. The third-order valence-corrected chi connectivity index (χ3v) is 4.86. The van der Waals surface area contributed by atoms with Crippen molar-refractivity contribution in [2.24, 2.45) is 5.73 Å². The fraction of sp³-hybridized carbons (Fsp3) is 0.588. The molecule has 1 saturated heterocycles. The van der Waals surface area contributed by atoms with Gasteiger partial charge in [0, 0.05) is 17.8 Å². The van der Waals surface area contributed by atoms with Crippen molar-refractivity contribution < 1.29 is 4.79 Å². The number of anilines is 1. The molecule has 1 aromatic rings. The molecule has 0 aromatic heterocycles. The van der Waals surface area contributed by atoms with E-state index < -0.39 is 0 Å². The van der Waals surface area contributed by atoms with Gasteiger partial charge in [0.2, 0.25) is 5.91 Å². The molecule has 114 valence electrons. The Balaban J connectivity index is 1.81. The van der Waals surface area contributed by atoms with Gasteiger partial charge in [-0.3, -0.25) is 9.69 Å². The standard InChI is InChI=1S/C17H25N3O/c1-12(18)15-8-4-5-11-20(15)16-10-9-13-6-2-3-7-14(13)19-17(16)21/h2-3,6-7,12,15-16H,4-5,8-11,18H2,1H3,(H,19,21). The van der Waals surface area contributed by atoms with Gasteiger partial charge in [-0.1, -0.05) is 24.6 Å². The first-order valence-electron chi connectivity index (χ1n) is 8.07. The summed E-state index contributed by atoms with van der Waals surface area (Å²) < 4.78 is 0. The molecule has 0 radical (unpaired) electrons. The molecule has 0 aliphatic carbocycles. The quantitative estimate of drug-likeness (QED) is 0.876. The molecule has 0 spiro atoms. The van der Waals surface area contributed by atoms with Gasteiger partial charge in [0.15, 0.2) is 0 Å². The van der Waals surface area contributed by atoms with Crippen LogP contribution < -0.4 is 11.1 Å². The smallest absolute Gasteiger partial charge is 0.241 e. The third kappa shape index (κ3) is 2.97. The lowest BCUT2D eigenvalue weighted by Crippen LogP contribution is -2.56. The molecule has 0 bridgehead atoms. The van der Waals surface area contributed by atoms with Gasteiger partial charge < -0.3 is 11.1 Å². The summed E-state index contributed by atoms with van der Waals surface area (Å²) in [6.45, 7) is 3.05. The van der Waals surface area contributed by atoms with Gasteiger partial charge >= 0.3 is 0 Å². The summed E-state index contributed by atoms with van der Waals surface area (Å²) >= 11 is 0. The fourth-order valence-corrected chi connectivity index (χ4v) is 3.75. The highest BCUT2D eigenvalue weighted by atomic mass is 16.2. The van der Waals surface area contributed by atoms with Crippen molar-refractivity contribution in [3.8, 4) is 0 Å². The molecule has 2 aliphatic heterocycles. The molecule has 3 unspecified atom stereocenters. The van der Waals surface area contributed by atoms with Crippen LogP contribution >= 0.6 is 0 Å². The highest BCUT2D eigenvalue weighted by Gasteiger charge is 2.35. The Morgan fingerprint density at radius 3 is 2.90 bits per heavy atom. The van der Waals surface area contributed by atoms with Gasteiger partial charge in [0.1, 0.15) is 0 Å². The van der Waals surface area contributed by atoms with E-state index in [1.54, 1.807) is 0 Å². The summed E-state index contributed by atoms with van der Waals surface area (Å²) in [5, 5.41) is 3.11. The molecule has 2 aliphatic rings. The summed E-state index contributed by atoms with van der Waals surface area (Å²) in [5.41, 5.74) is 8.37. The molecule has 1 amide bonds. The molecule has 1 fully saturated rings. The van der Waals surface area contributed by atoms with Crippen molar-refractivity contribution in [2.75, 3.05) is 11.9 Å². The highest BCUT2D eigenvalue weighted by molar-refractivity contribution is 5.96. The van der Waals surface area contributed by atoms with E-state index in [-0.39, 0.29) is 18.0 Å². The molecule has 3 rings (SSSR count). The zero-order valence-corrected chi connectivity index (χ0v) is 12.7. The number of amides is 1. The number of para-hydroxylation sites is 1. The maximum Gasteiger partial charge on any atom is 0.241 e. The number of likely N-dealkylation sites (tertiary alicyclic amines) is 1. The van der Waals surface area contributed by atoms with E-state index in [0.29, 0.717) is 6.04 Å². The van der Waals surface area contributed by atoms with Crippen LogP contribution in [0.1, 0.15) is 38.2 Å². The minimum absolute atomic E-state index is 0.0475. The van der Waals surface area contributed by atoms with Crippen molar-refractivity contribution in [3.05, 3.63) is 29.8 Å². The van der Waals surface area contributed by atoms with Crippen molar-refractivity contribution in [1.29, 1.82) is 0 Å². The van der Waals surface area contributed by atoms with Crippen molar-refractivity contribution in [2.45, 2.75) is 57.2 Å². The largest absolute Gasteiger partial charge is 0.327 e. The van der Waals surface area contributed by atoms with Crippen molar-refractivity contribution in [1.82, 2.24) is 4.90 Å². The number of rotatable bonds is 2. The fourth-order valence-electron chi connectivity index (χ4n) is 3.75. The topological polar surface area (TPSA) is 58.4 Å². The predicted octanol–water partition coefficient (Wildman–Crippen LogP) is 2.14. The van der Waals surface area contributed by atoms with E-state index in [0.717, 1.165) is 31.5 Å².